The molecule has 1 N–H and O–H groups in total. The SMILES string of the molecule is CNc1ccccc1C1COC=N1. The standard InChI is InChI=1S/C10H12N2O/c1-11-9-5-3-2-4-8(9)10-6-13-7-12-10/h2-5,7,10-11H,6H2,1H3. The highest BCUT2D eigenvalue weighted by atomic mass is 16.5. The molecule has 1 unspecified atom stereocenters. The summed E-state index contributed by atoms with van der Waals surface area (Å²) in [4.78, 5) is 4.23. The number of hydrogen-bond donors (Lipinski definition) is 1. The van der Waals surface area contributed by atoms with Crippen LogP contribution in [0, 0.1) is 0 Å². The number of hydrogen-bond acceptors (Lipinski definition) is 3. The third kappa shape index (κ3) is 1.49. The molecule has 1 aromatic carbocycles. The quantitative estimate of drug-likeness (QED) is 0.745. The van der Waals surface area contributed by atoms with Gasteiger partial charge in [-0.3, -0.25) is 0 Å². The molecule has 0 spiro atoms. The molecule has 1 aromatic rings. The summed E-state index contributed by atoms with van der Waals surface area (Å²) in [5, 5.41) is 3.14. The number of nitrogens with zero attached hydrogens (tertiary/aromatic N) is 1. The lowest BCUT2D eigenvalue weighted by atomic mass is 10.1. The van der Waals surface area contributed by atoms with E-state index in [2.05, 4.69) is 16.4 Å². The van der Waals surface area contributed by atoms with Gasteiger partial charge in [-0.2, -0.15) is 0 Å². The van der Waals surface area contributed by atoms with E-state index in [-0.39, 0.29) is 6.04 Å². The van der Waals surface area contributed by atoms with Crippen LogP contribution in [0.25, 0.3) is 0 Å². The van der Waals surface area contributed by atoms with Crippen molar-refractivity contribution >= 4 is 12.1 Å². The smallest absolute Gasteiger partial charge is 0.170 e. The minimum atomic E-state index is 0.156. The molecule has 0 aliphatic carbocycles. The summed E-state index contributed by atoms with van der Waals surface area (Å²) in [5.74, 6) is 0. The van der Waals surface area contributed by atoms with Crippen LogP contribution in [-0.4, -0.2) is 20.1 Å². The number of benzene rings is 1. The zero-order valence-electron chi connectivity index (χ0n) is 7.53. The Hall–Kier alpha value is -1.51. The number of aliphatic imine (C=N–C) groups is 1. The molecule has 68 valence electrons. The highest BCUT2D eigenvalue weighted by Crippen LogP contribution is 2.27. The minimum absolute atomic E-state index is 0.156. The van der Waals surface area contributed by atoms with Gasteiger partial charge in [0.25, 0.3) is 0 Å². The van der Waals surface area contributed by atoms with Gasteiger partial charge in [-0.25, -0.2) is 4.99 Å². The second-order valence-electron chi connectivity index (χ2n) is 2.94. The molecule has 0 radical (unpaired) electrons. The van der Waals surface area contributed by atoms with Gasteiger partial charge in [-0.15, -0.1) is 0 Å². The zero-order chi connectivity index (χ0) is 9.10. The van der Waals surface area contributed by atoms with E-state index >= 15 is 0 Å². The normalized spacial score (nSPS) is 19.9. The Kier molecular flexibility index (Phi) is 2.17. The molecule has 0 saturated heterocycles. The number of nitrogens with one attached hydrogen (secondary N) is 1. The van der Waals surface area contributed by atoms with E-state index in [1.807, 2.05) is 25.2 Å². The first-order valence-corrected chi connectivity index (χ1v) is 4.32. The second-order valence-corrected chi connectivity index (χ2v) is 2.94. The van der Waals surface area contributed by atoms with Gasteiger partial charge >= 0.3 is 0 Å². The monoisotopic (exact) mass is 176 g/mol. The van der Waals surface area contributed by atoms with Crippen LogP contribution in [0.4, 0.5) is 5.69 Å². The Morgan fingerprint density at radius 2 is 2.31 bits per heavy atom. The summed E-state index contributed by atoms with van der Waals surface area (Å²) in [6.45, 7) is 0.651. The van der Waals surface area contributed by atoms with E-state index in [4.69, 9.17) is 4.74 Å². The van der Waals surface area contributed by atoms with Crippen LogP contribution in [0.3, 0.4) is 0 Å². The molecule has 0 saturated carbocycles. The molecule has 0 bridgehead atoms. The van der Waals surface area contributed by atoms with E-state index in [1.165, 1.54) is 12.0 Å². The predicted molar refractivity (Wildman–Crippen MR) is 53.2 cm³/mol. The van der Waals surface area contributed by atoms with Crippen molar-refractivity contribution in [1.82, 2.24) is 0 Å². The minimum Gasteiger partial charge on any atom is -0.481 e. The summed E-state index contributed by atoms with van der Waals surface area (Å²) in [6.07, 6.45) is 1.52. The van der Waals surface area contributed by atoms with Crippen LogP contribution in [-0.2, 0) is 4.74 Å². The van der Waals surface area contributed by atoms with Crippen molar-refractivity contribution in [3.8, 4) is 0 Å². The van der Waals surface area contributed by atoms with Crippen molar-refractivity contribution in [2.75, 3.05) is 19.0 Å². The fraction of sp³-hybridized carbons (Fsp3) is 0.300. The van der Waals surface area contributed by atoms with Gasteiger partial charge in [0.2, 0.25) is 0 Å². The lowest BCUT2D eigenvalue weighted by molar-refractivity contribution is 0.330. The van der Waals surface area contributed by atoms with E-state index in [1.54, 1.807) is 0 Å². The maximum Gasteiger partial charge on any atom is 0.170 e. The Morgan fingerprint density at radius 3 is 3.00 bits per heavy atom. The van der Waals surface area contributed by atoms with Crippen molar-refractivity contribution in [1.29, 1.82) is 0 Å². The molecule has 13 heavy (non-hydrogen) atoms. The van der Waals surface area contributed by atoms with Gasteiger partial charge in [0.1, 0.15) is 12.6 Å². The van der Waals surface area contributed by atoms with Crippen LogP contribution in [0.1, 0.15) is 11.6 Å². The highest BCUT2D eigenvalue weighted by Gasteiger charge is 2.16. The number of ether oxygens (including phenoxy) is 1. The fourth-order valence-corrected chi connectivity index (χ4v) is 1.48. The van der Waals surface area contributed by atoms with E-state index in [0.717, 1.165) is 5.69 Å². The van der Waals surface area contributed by atoms with Crippen molar-refractivity contribution < 1.29 is 4.74 Å². The first kappa shape index (κ1) is 8.10. The molecule has 0 aromatic heterocycles. The summed E-state index contributed by atoms with van der Waals surface area (Å²) in [6, 6.07) is 8.30. The molecular weight excluding hydrogens is 164 g/mol. The van der Waals surface area contributed by atoms with Gasteiger partial charge in [-0.05, 0) is 6.07 Å². The number of para-hydroxylation sites is 1. The molecule has 3 heteroatoms. The Bertz CT molecular complexity index is 322. The largest absolute Gasteiger partial charge is 0.481 e. The van der Waals surface area contributed by atoms with Crippen molar-refractivity contribution in [2.24, 2.45) is 4.99 Å². The fourth-order valence-electron chi connectivity index (χ4n) is 1.48. The van der Waals surface area contributed by atoms with Gasteiger partial charge in [0.05, 0.1) is 0 Å². The first-order valence-electron chi connectivity index (χ1n) is 4.32. The van der Waals surface area contributed by atoms with Crippen LogP contribution in [0.5, 0.6) is 0 Å². The average Bonchev–Trinajstić information content (AvgIpc) is 2.70. The number of anilines is 1. The lowest BCUT2D eigenvalue weighted by Crippen LogP contribution is -2.01. The highest BCUT2D eigenvalue weighted by molar-refractivity contribution is 5.56. The molecule has 0 amide bonds. The second kappa shape index (κ2) is 3.47. The van der Waals surface area contributed by atoms with E-state index in [0.29, 0.717) is 6.61 Å². The first-order chi connectivity index (χ1) is 6.42. The molecule has 1 atom stereocenters. The molecular formula is C10H12N2O. The van der Waals surface area contributed by atoms with Crippen molar-refractivity contribution in [3.05, 3.63) is 29.8 Å². The van der Waals surface area contributed by atoms with Crippen molar-refractivity contribution in [2.45, 2.75) is 6.04 Å². The zero-order valence-corrected chi connectivity index (χ0v) is 7.53. The summed E-state index contributed by atoms with van der Waals surface area (Å²) < 4.78 is 5.09. The summed E-state index contributed by atoms with van der Waals surface area (Å²) in [7, 11) is 1.92. The van der Waals surface area contributed by atoms with Crippen LogP contribution < -0.4 is 5.32 Å². The molecule has 1 aliphatic rings. The molecule has 1 aliphatic heterocycles. The van der Waals surface area contributed by atoms with Gasteiger partial charge in [0.15, 0.2) is 6.40 Å². The van der Waals surface area contributed by atoms with E-state index < -0.39 is 0 Å². The Balaban J connectivity index is 2.32. The van der Waals surface area contributed by atoms with Crippen LogP contribution >= 0.6 is 0 Å². The van der Waals surface area contributed by atoms with Crippen LogP contribution in [0.2, 0.25) is 0 Å². The molecule has 2 rings (SSSR count). The van der Waals surface area contributed by atoms with E-state index in [9.17, 15) is 0 Å². The molecule has 0 fully saturated rings. The lowest BCUT2D eigenvalue weighted by Gasteiger charge is -2.11. The Morgan fingerprint density at radius 1 is 1.46 bits per heavy atom. The van der Waals surface area contributed by atoms with Crippen molar-refractivity contribution in [3.63, 3.8) is 0 Å². The predicted octanol–water partition coefficient (Wildman–Crippen LogP) is 1.83. The average molecular weight is 176 g/mol. The maximum absolute atomic E-state index is 5.09. The summed E-state index contributed by atoms with van der Waals surface area (Å²) in [5.41, 5.74) is 2.31. The number of rotatable bonds is 2. The maximum atomic E-state index is 5.09. The topological polar surface area (TPSA) is 33.6 Å². The Labute approximate surface area is 77.4 Å². The molecule has 3 nitrogen and oxygen atoms in total. The third-order valence-electron chi connectivity index (χ3n) is 2.16. The third-order valence-corrected chi connectivity index (χ3v) is 2.16. The molecule has 1 heterocycles. The summed E-state index contributed by atoms with van der Waals surface area (Å²) >= 11 is 0. The van der Waals surface area contributed by atoms with Crippen LogP contribution in [0.15, 0.2) is 29.3 Å². The van der Waals surface area contributed by atoms with Gasteiger partial charge in [-0.1, -0.05) is 18.2 Å². The van der Waals surface area contributed by atoms with Gasteiger partial charge < -0.3 is 10.1 Å². The van der Waals surface area contributed by atoms with Gasteiger partial charge in [0, 0.05) is 18.3 Å².